The standard InChI is InChI=1S/C10H18N2O4/c1-2-11-4-3-9(13)12-5-6-16-7-8(12)10(14)15/h8,11H,2-7H2,1H3,(H,14,15). The van der Waals surface area contributed by atoms with E-state index in [0.717, 1.165) is 6.54 Å². The molecule has 6 nitrogen and oxygen atoms in total. The van der Waals surface area contributed by atoms with Crippen molar-refractivity contribution in [2.24, 2.45) is 0 Å². The van der Waals surface area contributed by atoms with Crippen LogP contribution in [0.25, 0.3) is 0 Å². The summed E-state index contributed by atoms with van der Waals surface area (Å²) < 4.78 is 5.06. The number of morpholine rings is 1. The maximum atomic E-state index is 11.8. The van der Waals surface area contributed by atoms with Crippen molar-refractivity contribution >= 4 is 11.9 Å². The number of amides is 1. The van der Waals surface area contributed by atoms with E-state index in [4.69, 9.17) is 9.84 Å². The van der Waals surface area contributed by atoms with Gasteiger partial charge in [-0.05, 0) is 6.54 Å². The first kappa shape index (κ1) is 12.9. The van der Waals surface area contributed by atoms with Crippen LogP contribution in [0, 0.1) is 0 Å². The first-order chi connectivity index (χ1) is 7.66. The second-order valence-electron chi connectivity index (χ2n) is 3.62. The lowest BCUT2D eigenvalue weighted by molar-refractivity contribution is -0.158. The molecule has 0 radical (unpaired) electrons. The number of aliphatic carboxylic acids is 1. The zero-order chi connectivity index (χ0) is 12.0. The van der Waals surface area contributed by atoms with Crippen LogP contribution in [0.5, 0.6) is 0 Å². The van der Waals surface area contributed by atoms with E-state index in [1.165, 1.54) is 4.90 Å². The number of carbonyl (C=O) groups is 2. The summed E-state index contributed by atoms with van der Waals surface area (Å²) in [5.41, 5.74) is 0. The van der Waals surface area contributed by atoms with Crippen molar-refractivity contribution in [3.63, 3.8) is 0 Å². The quantitative estimate of drug-likeness (QED) is 0.610. The Morgan fingerprint density at radius 1 is 1.56 bits per heavy atom. The molecule has 0 spiro atoms. The van der Waals surface area contributed by atoms with Crippen LogP contribution < -0.4 is 5.32 Å². The Morgan fingerprint density at radius 2 is 2.31 bits per heavy atom. The van der Waals surface area contributed by atoms with Crippen LogP contribution >= 0.6 is 0 Å². The summed E-state index contributed by atoms with van der Waals surface area (Å²) in [7, 11) is 0. The molecule has 1 aliphatic heterocycles. The van der Waals surface area contributed by atoms with Gasteiger partial charge in [0.15, 0.2) is 6.04 Å². The molecule has 1 rings (SSSR count). The third-order valence-corrected chi connectivity index (χ3v) is 2.50. The Labute approximate surface area is 94.6 Å². The first-order valence-electron chi connectivity index (χ1n) is 5.47. The van der Waals surface area contributed by atoms with E-state index in [9.17, 15) is 9.59 Å². The summed E-state index contributed by atoms with van der Waals surface area (Å²) in [6, 6.07) is -0.831. The van der Waals surface area contributed by atoms with E-state index in [1.807, 2.05) is 6.92 Å². The molecule has 1 fully saturated rings. The van der Waals surface area contributed by atoms with Gasteiger partial charge in [-0.25, -0.2) is 4.79 Å². The zero-order valence-electron chi connectivity index (χ0n) is 9.44. The molecule has 92 valence electrons. The highest BCUT2D eigenvalue weighted by molar-refractivity contribution is 5.84. The second kappa shape index (κ2) is 6.44. The highest BCUT2D eigenvalue weighted by atomic mass is 16.5. The minimum absolute atomic E-state index is 0.0856. The van der Waals surface area contributed by atoms with Crippen molar-refractivity contribution in [3.05, 3.63) is 0 Å². The SMILES string of the molecule is CCNCCC(=O)N1CCOCC1C(=O)O. The van der Waals surface area contributed by atoms with Crippen LogP contribution in [-0.2, 0) is 14.3 Å². The van der Waals surface area contributed by atoms with Gasteiger partial charge in [-0.2, -0.15) is 0 Å². The van der Waals surface area contributed by atoms with E-state index in [0.29, 0.717) is 26.1 Å². The monoisotopic (exact) mass is 230 g/mol. The summed E-state index contributed by atoms with van der Waals surface area (Å²) in [4.78, 5) is 24.1. The smallest absolute Gasteiger partial charge is 0.328 e. The highest BCUT2D eigenvalue weighted by Gasteiger charge is 2.32. The Balaban J connectivity index is 2.47. The molecule has 2 N–H and O–H groups in total. The number of ether oxygens (including phenoxy) is 1. The van der Waals surface area contributed by atoms with Crippen LogP contribution in [0.3, 0.4) is 0 Å². The Bertz CT molecular complexity index is 257. The fourth-order valence-electron chi connectivity index (χ4n) is 1.62. The van der Waals surface area contributed by atoms with Crippen molar-refractivity contribution in [2.45, 2.75) is 19.4 Å². The molecular weight excluding hydrogens is 212 g/mol. The van der Waals surface area contributed by atoms with Crippen molar-refractivity contribution in [2.75, 3.05) is 32.8 Å². The number of hydrogen-bond acceptors (Lipinski definition) is 4. The molecule has 1 saturated heterocycles. The van der Waals surface area contributed by atoms with Gasteiger partial charge in [0.1, 0.15) is 0 Å². The van der Waals surface area contributed by atoms with Gasteiger partial charge < -0.3 is 20.1 Å². The van der Waals surface area contributed by atoms with Gasteiger partial charge >= 0.3 is 5.97 Å². The van der Waals surface area contributed by atoms with Gasteiger partial charge in [0.25, 0.3) is 0 Å². The van der Waals surface area contributed by atoms with Crippen molar-refractivity contribution in [1.82, 2.24) is 10.2 Å². The number of hydrogen-bond donors (Lipinski definition) is 2. The van der Waals surface area contributed by atoms with E-state index >= 15 is 0 Å². The van der Waals surface area contributed by atoms with Crippen LogP contribution in [0.15, 0.2) is 0 Å². The third-order valence-electron chi connectivity index (χ3n) is 2.50. The van der Waals surface area contributed by atoms with Gasteiger partial charge in [0.05, 0.1) is 13.2 Å². The number of rotatable bonds is 5. The van der Waals surface area contributed by atoms with Crippen molar-refractivity contribution in [1.29, 1.82) is 0 Å². The maximum Gasteiger partial charge on any atom is 0.328 e. The molecule has 1 amide bonds. The predicted molar refractivity (Wildman–Crippen MR) is 57.1 cm³/mol. The summed E-state index contributed by atoms with van der Waals surface area (Å²) >= 11 is 0. The normalized spacial score (nSPS) is 20.8. The van der Waals surface area contributed by atoms with Crippen molar-refractivity contribution in [3.8, 4) is 0 Å². The van der Waals surface area contributed by atoms with Gasteiger partial charge in [-0.15, -0.1) is 0 Å². The van der Waals surface area contributed by atoms with E-state index in [2.05, 4.69) is 5.32 Å². The Hall–Kier alpha value is -1.14. The third kappa shape index (κ3) is 3.46. The first-order valence-corrected chi connectivity index (χ1v) is 5.47. The predicted octanol–water partition coefficient (Wildman–Crippen LogP) is -0.702. The molecular formula is C10H18N2O4. The molecule has 0 aromatic carbocycles. The molecule has 1 heterocycles. The van der Waals surface area contributed by atoms with Gasteiger partial charge in [-0.3, -0.25) is 4.79 Å². The Morgan fingerprint density at radius 3 is 2.94 bits per heavy atom. The number of carboxylic acids is 1. The van der Waals surface area contributed by atoms with Gasteiger partial charge in [0, 0.05) is 19.5 Å². The largest absolute Gasteiger partial charge is 0.480 e. The number of nitrogens with one attached hydrogen (secondary N) is 1. The molecule has 0 saturated carbocycles. The average Bonchev–Trinajstić information content (AvgIpc) is 2.29. The number of carbonyl (C=O) groups excluding carboxylic acids is 1. The molecule has 0 aromatic heterocycles. The van der Waals surface area contributed by atoms with E-state index in [1.54, 1.807) is 0 Å². The summed E-state index contributed by atoms with van der Waals surface area (Å²) in [5, 5.41) is 12.0. The minimum atomic E-state index is -1.00. The topological polar surface area (TPSA) is 78.9 Å². The Kier molecular flexibility index (Phi) is 5.21. The lowest BCUT2D eigenvalue weighted by Crippen LogP contribution is -2.53. The van der Waals surface area contributed by atoms with Crippen LogP contribution in [0.4, 0.5) is 0 Å². The van der Waals surface area contributed by atoms with Crippen LogP contribution in [0.1, 0.15) is 13.3 Å². The van der Waals surface area contributed by atoms with Crippen LogP contribution in [0.2, 0.25) is 0 Å². The average molecular weight is 230 g/mol. The van der Waals surface area contributed by atoms with E-state index < -0.39 is 12.0 Å². The minimum Gasteiger partial charge on any atom is -0.480 e. The molecule has 6 heteroatoms. The van der Waals surface area contributed by atoms with Gasteiger partial charge in [-0.1, -0.05) is 6.92 Å². The molecule has 0 aliphatic carbocycles. The fourth-order valence-corrected chi connectivity index (χ4v) is 1.62. The van der Waals surface area contributed by atoms with Gasteiger partial charge in [0.2, 0.25) is 5.91 Å². The molecule has 16 heavy (non-hydrogen) atoms. The molecule has 1 unspecified atom stereocenters. The molecule has 1 aliphatic rings. The highest BCUT2D eigenvalue weighted by Crippen LogP contribution is 2.08. The summed E-state index contributed by atoms with van der Waals surface area (Å²) in [5.74, 6) is -1.13. The summed E-state index contributed by atoms with van der Waals surface area (Å²) in [6.07, 6.45) is 0.331. The summed E-state index contributed by atoms with van der Waals surface area (Å²) in [6.45, 7) is 4.21. The second-order valence-corrected chi connectivity index (χ2v) is 3.62. The molecule has 0 bridgehead atoms. The lowest BCUT2D eigenvalue weighted by Gasteiger charge is -2.32. The fraction of sp³-hybridized carbons (Fsp3) is 0.800. The number of carboxylic acid groups (broad SMARTS) is 1. The maximum absolute atomic E-state index is 11.8. The number of nitrogens with zero attached hydrogens (tertiary/aromatic N) is 1. The van der Waals surface area contributed by atoms with Crippen LogP contribution in [-0.4, -0.2) is 60.8 Å². The molecule has 0 aromatic rings. The molecule has 1 atom stereocenters. The van der Waals surface area contributed by atoms with Crippen molar-refractivity contribution < 1.29 is 19.4 Å². The lowest BCUT2D eigenvalue weighted by atomic mass is 10.2. The zero-order valence-corrected chi connectivity index (χ0v) is 9.44. The van der Waals surface area contributed by atoms with E-state index in [-0.39, 0.29) is 12.5 Å².